The number of benzene rings is 1. The molecule has 10 nitrogen and oxygen atoms in total. The van der Waals surface area contributed by atoms with Gasteiger partial charge in [0, 0.05) is 17.5 Å². The number of primary amides is 1. The highest BCUT2D eigenvalue weighted by Gasteiger charge is 2.64. The summed E-state index contributed by atoms with van der Waals surface area (Å²) in [5, 5.41) is 44.8. The van der Waals surface area contributed by atoms with Gasteiger partial charge in [-0.05, 0) is 76.0 Å². The predicted octanol–water partition coefficient (Wildman–Crippen LogP) is 2.14. The second kappa shape index (κ2) is 9.57. The van der Waals surface area contributed by atoms with E-state index in [0.717, 1.165) is 6.07 Å². The number of likely N-dealkylation sites (N-methyl/N-ethyl adjacent to an activating group) is 1. The summed E-state index contributed by atoms with van der Waals surface area (Å²) < 4.78 is 44.3. The van der Waals surface area contributed by atoms with Crippen LogP contribution in [0.4, 0.5) is 13.2 Å². The van der Waals surface area contributed by atoms with E-state index in [1.165, 1.54) is 19.0 Å². The first-order valence-corrected chi connectivity index (χ1v) is 13.4. The van der Waals surface area contributed by atoms with E-state index in [4.69, 9.17) is 5.73 Å². The molecule has 1 amide bonds. The molecule has 0 bridgehead atoms. The number of hydrogen-bond donors (Lipinski definition) is 5. The van der Waals surface area contributed by atoms with Crippen molar-refractivity contribution < 1.29 is 48.0 Å². The molecule has 1 aromatic carbocycles. The van der Waals surface area contributed by atoms with Crippen LogP contribution in [0.2, 0.25) is 0 Å². The molecule has 2 fully saturated rings. The Morgan fingerprint density at radius 2 is 1.88 bits per heavy atom. The lowest BCUT2D eigenvalue weighted by molar-refractivity contribution is -0.153. The van der Waals surface area contributed by atoms with Crippen molar-refractivity contribution >= 4 is 23.2 Å². The van der Waals surface area contributed by atoms with E-state index in [9.17, 15) is 48.0 Å². The Morgan fingerprint density at radius 3 is 2.44 bits per heavy atom. The van der Waals surface area contributed by atoms with Gasteiger partial charge in [-0.1, -0.05) is 6.92 Å². The minimum Gasteiger partial charge on any atom is -0.508 e. The zero-order valence-electron chi connectivity index (χ0n) is 22.7. The number of hydrogen-bond acceptors (Lipinski definition) is 9. The van der Waals surface area contributed by atoms with Gasteiger partial charge in [0.25, 0.3) is 5.91 Å². The molecule has 222 valence electrons. The topological polar surface area (TPSA) is 165 Å². The Hall–Kier alpha value is -3.42. The number of aromatic hydroxyl groups is 1. The average molecular weight is 580 g/mol. The second-order valence-electron chi connectivity index (χ2n) is 11.5. The summed E-state index contributed by atoms with van der Waals surface area (Å²) >= 11 is 0. The first kappa shape index (κ1) is 29.1. The second-order valence-corrected chi connectivity index (χ2v) is 11.5. The van der Waals surface area contributed by atoms with E-state index >= 15 is 0 Å². The maximum atomic E-state index is 14.8. The van der Waals surface area contributed by atoms with E-state index in [1.807, 2.05) is 11.8 Å². The Balaban J connectivity index is 1.76. The Bertz CT molecular complexity index is 1430. The summed E-state index contributed by atoms with van der Waals surface area (Å²) in [6.45, 7) is 2.92. The lowest BCUT2D eigenvalue weighted by Crippen LogP contribution is -2.65. The van der Waals surface area contributed by atoms with Gasteiger partial charge in [0.1, 0.15) is 22.8 Å². The van der Waals surface area contributed by atoms with Crippen molar-refractivity contribution in [2.45, 2.75) is 56.5 Å². The highest BCUT2D eigenvalue weighted by Crippen LogP contribution is 2.55. The number of nitrogens with zero attached hydrogens (tertiary/aromatic N) is 2. The van der Waals surface area contributed by atoms with Crippen molar-refractivity contribution in [1.29, 1.82) is 0 Å². The number of carbonyl (C=O) groups is 3. The molecular weight excluding hydrogens is 547 g/mol. The molecule has 4 aliphatic rings. The smallest absolute Gasteiger partial charge is 0.417 e. The van der Waals surface area contributed by atoms with Crippen LogP contribution in [0, 0.1) is 11.8 Å². The molecule has 0 unspecified atom stereocenters. The van der Waals surface area contributed by atoms with Crippen LogP contribution in [0.5, 0.6) is 5.75 Å². The number of alkyl halides is 3. The zero-order valence-corrected chi connectivity index (χ0v) is 22.7. The van der Waals surface area contributed by atoms with Gasteiger partial charge >= 0.3 is 6.18 Å². The normalized spacial score (nSPS) is 30.5. The van der Waals surface area contributed by atoms with E-state index in [1.54, 1.807) is 0 Å². The van der Waals surface area contributed by atoms with Gasteiger partial charge in [0.15, 0.2) is 11.4 Å². The molecule has 1 aliphatic heterocycles. The van der Waals surface area contributed by atoms with Gasteiger partial charge in [-0.25, -0.2) is 0 Å². The van der Waals surface area contributed by atoms with Gasteiger partial charge in [-0.2, -0.15) is 13.2 Å². The summed E-state index contributed by atoms with van der Waals surface area (Å²) in [6, 6.07) is -0.959. The summed E-state index contributed by atoms with van der Waals surface area (Å²) in [7, 11) is 2.89. The fourth-order valence-electron chi connectivity index (χ4n) is 7.50. The van der Waals surface area contributed by atoms with Crippen molar-refractivity contribution in [2.75, 3.05) is 27.2 Å². The minimum atomic E-state index is -4.86. The van der Waals surface area contributed by atoms with Crippen LogP contribution in [0.1, 0.15) is 54.5 Å². The van der Waals surface area contributed by atoms with Crippen molar-refractivity contribution in [1.82, 2.24) is 9.80 Å². The highest BCUT2D eigenvalue weighted by atomic mass is 19.4. The van der Waals surface area contributed by atoms with Gasteiger partial charge < -0.3 is 26.2 Å². The standard InChI is InChI=1S/C28H32F3N3O7/c1-4-34-7-5-6-15(34)12-10-16(35)18-13(20(12)28(29,30)31)8-11-9-14-21(33(2)3)23(37)19(26(32)40)25(39)27(14,41)24(38)17(11)22(18)36/h10-11,14-15,21,35-36,39,41H,4-9H2,1-3H3,(H2,32,40)/t11-,14-,15-,21-,27-/m0/s1. The number of carbonyl (C=O) groups excluding carboxylic acids is 3. The highest BCUT2D eigenvalue weighted by molar-refractivity contribution is 6.24. The molecule has 5 atom stereocenters. The van der Waals surface area contributed by atoms with E-state index in [0.29, 0.717) is 25.9 Å². The summed E-state index contributed by atoms with van der Waals surface area (Å²) in [4.78, 5) is 42.4. The lowest BCUT2D eigenvalue weighted by atomic mass is 9.57. The van der Waals surface area contributed by atoms with E-state index in [-0.39, 0.29) is 17.5 Å². The zero-order chi connectivity index (χ0) is 30.3. The van der Waals surface area contributed by atoms with Gasteiger partial charge in [0.05, 0.1) is 17.2 Å². The number of halogens is 3. The van der Waals surface area contributed by atoms with Crippen LogP contribution in [0.15, 0.2) is 23.0 Å². The molecule has 1 saturated carbocycles. The number of aliphatic hydroxyl groups excluding tert-OH is 2. The Labute approximate surface area is 233 Å². The van der Waals surface area contributed by atoms with E-state index in [2.05, 4.69) is 0 Å². The molecular formula is C28H32F3N3O7. The molecule has 0 aromatic heterocycles. The van der Waals surface area contributed by atoms with Crippen LogP contribution < -0.4 is 5.73 Å². The third kappa shape index (κ3) is 4.00. The maximum absolute atomic E-state index is 14.8. The minimum absolute atomic E-state index is 0.117. The maximum Gasteiger partial charge on any atom is 0.417 e. The van der Waals surface area contributed by atoms with Gasteiger partial charge in [-0.15, -0.1) is 0 Å². The quantitative estimate of drug-likeness (QED) is 0.336. The van der Waals surface area contributed by atoms with Crippen LogP contribution in [0.3, 0.4) is 0 Å². The Morgan fingerprint density at radius 1 is 1.22 bits per heavy atom. The summed E-state index contributed by atoms with van der Waals surface area (Å²) in [5.74, 6) is -8.92. The molecule has 5 rings (SSSR count). The lowest BCUT2D eigenvalue weighted by Gasteiger charge is -2.50. The van der Waals surface area contributed by atoms with Crippen LogP contribution >= 0.6 is 0 Å². The molecule has 0 radical (unpaired) electrons. The van der Waals surface area contributed by atoms with Crippen molar-refractivity contribution in [3.63, 3.8) is 0 Å². The SMILES string of the molecule is CCN1CCC[C@H]1c1cc(O)c2c(c1C(F)(F)F)C[C@H]1C[C@H]3[C@H](N(C)C)C(=O)C(C(N)=O)=C(O)[C@@]3(O)C(=O)C1=C2O. The number of likely N-dealkylation sites (tertiary alicyclic amines) is 1. The largest absolute Gasteiger partial charge is 0.508 e. The molecule has 1 aromatic rings. The molecule has 13 heteroatoms. The Kier molecular flexibility index (Phi) is 6.79. The van der Waals surface area contributed by atoms with Crippen molar-refractivity contribution in [2.24, 2.45) is 17.6 Å². The summed E-state index contributed by atoms with van der Waals surface area (Å²) in [5.41, 5.74) is -1.07. The third-order valence-corrected chi connectivity index (χ3v) is 9.17. The number of ketones is 2. The predicted molar refractivity (Wildman–Crippen MR) is 138 cm³/mol. The number of Topliss-reactive ketones (excluding diaryl/α,β-unsaturated/α-hetero) is 2. The van der Waals surface area contributed by atoms with Crippen LogP contribution in [-0.2, 0) is 27.0 Å². The third-order valence-electron chi connectivity index (χ3n) is 9.17. The van der Waals surface area contributed by atoms with Gasteiger partial charge in [-0.3, -0.25) is 24.2 Å². The molecule has 1 saturated heterocycles. The number of phenols is 1. The number of aliphatic hydroxyl groups is 3. The van der Waals surface area contributed by atoms with Crippen molar-refractivity contribution in [3.05, 3.63) is 45.2 Å². The number of amides is 1. The molecule has 1 heterocycles. The number of fused-ring (bicyclic) bond motifs is 3. The fraction of sp³-hybridized carbons (Fsp3) is 0.536. The van der Waals surface area contributed by atoms with E-state index < -0.39 is 99.1 Å². The molecule has 41 heavy (non-hydrogen) atoms. The van der Waals surface area contributed by atoms with Crippen LogP contribution in [0.25, 0.3) is 5.76 Å². The summed E-state index contributed by atoms with van der Waals surface area (Å²) in [6.07, 6.45) is -4.47. The first-order chi connectivity index (χ1) is 19.1. The number of rotatable bonds is 4. The first-order valence-electron chi connectivity index (χ1n) is 13.4. The number of nitrogens with two attached hydrogens (primary N) is 1. The van der Waals surface area contributed by atoms with Crippen LogP contribution in [-0.4, -0.2) is 86.5 Å². The monoisotopic (exact) mass is 579 g/mol. The van der Waals surface area contributed by atoms with Crippen molar-refractivity contribution in [3.8, 4) is 5.75 Å². The molecule has 0 spiro atoms. The fourth-order valence-corrected chi connectivity index (χ4v) is 7.50. The number of phenolic OH excluding ortho intramolecular Hbond substituents is 1. The average Bonchev–Trinajstić information content (AvgIpc) is 3.33. The molecule has 6 N–H and O–H groups in total. The van der Waals surface area contributed by atoms with Gasteiger partial charge in [0.2, 0.25) is 5.78 Å². The molecule has 3 aliphatic carbocycles.